The molecule has 0 heterocycles. The van der Waals surface area contributed by atoms with Crippen LogP contribution in [0.2, 0.25) is 5.02 Å². The van der Waals surface area contributed by atoms with E-state index in [1.165, 1.54) is 0 Å². The number of methoxy groups -OCH3 is 1. The average molecular weight is 440 g/mol. The SMILES string of the molecule is COc1ccc(NC(=O)c2ccc(OC(=O)COc3cc(C)c(Cl)c(C)c3)cc2)cc1. The number of aryl methyl sites for hydroxylation is 2. The van der Waals surface area contributed by atoms with Gasteiger partial charge < -0.3 is 19.5 Å². The Hall–Kier alpha value is -3.51. The topological polar surface area (TPSA) is 73.9 Å². The quantitative estimate of drug-likeness (QED) is 0.404. The lowest BCUT2D eigenvalue weighted by molar-refractivity contribution is -0.136. The highest BCUT2D eigenvalue weighted by Gasteiger charge is 2.11. The molecule has 1 N–H and O–H groups in total. The molecule has 0 aromatic heterocycles. The lowest BCUT2D eigenvalue weighted by atomic mass is 10.1. The number of hydrogen-bond acceptors (Lipinski definition) is 5. The lowest BCUT2D eigenvalue weighted by Crippen LogP contribution is -2.18. The maximum atomic E-state index is 12.4. The Bertz CT molecular complexity index is 1060. The molecule has 6 nitrogen and oxygen atoms in total. The van der Waals surface area contributed by atoms with E-state index in [4.69, 9.17) is 25.8 Å². The molecule has 31 heavy (non-hydrogen) atoms. The van der Waals surface area contributed by atoms with Crippen molar-refractivity contribution in [1.82, 2.24) is 0 Å². The van der Waals surface area contributed by atoms with Gasteiger partial charge in [-0.05, 0) is 85.6 Å². The summed E-state index contributed by atoms with van der Waals surface area (Å²) in [5, 5.41) is 3.46. The molecule has 0 aliphatic rings. The van der Waals surface area contributed by atoms with Gasteiger partial charge in [-0.25, -0.2) is 4.79 Å². The summed E-state index contributed by atoms with van der Waals surface area (Å²) in [6.45, 7) is 3.49. The second kappa shape index (κ2) is 10.00. The number of benzene rings is 3. The van der Waals surface area contributed by atoms with Gasteiger partial charge in [0.1, 0.15) is 17.2 Å². The Balaban J connectivity index is 1.53. The number of nitrogens with one attached hydrogen (secondary N) is 1. The van der Waals surface area contributed by atoms with E-state index in [2.05, 4.69) is 5.32 Å². The lowest BCUT2D eigenvalue weighted by Gasteiger charge is -2.10. The predicted octanol–water partition coefficient (Wildman–Crippen LogP) is 5.20. The van der Waals surface area contributed by atoms with Crippen LogP contribution in [0.25, 0.3) is 0 Å². The monoisotopic (exact) mass is 439 g/mol. The third-order valence-corrected chi connectivity index (χ3v) is 5.06. The fourth-order valence-corrected chi connectivity index (χ4v) is 2.95. The van der Waals surface area contributed by atoms with Crippen molar-refractivity contribution >= 4 is 29.2 Å². The first-order chi connectivity index (χ1) is 14.9. The molecular weight excluding hydrogens is 418 g/mol. The Labute approximate surface area is 185 Å². The Morgan fingerprint density at radius 1 is 0.871 bits per heavy atom. The number of hydrogen-bond donors (Lipinski definition) is 1. The normalized spacial score (nSPS) is 10.3. The Morgan fingerprint density at radius 3 is 2.03 bits per heavy atom. The number of ether oxygens (including phenoxy) is 3. The summed E-state index contributed by atoms with van der Waals surface area (Å²) in [7, 11) is 1.58. The van der Waals surface area contributed by atoms with Crippen molar-refractivity contribution in [3.8, 4) is 17.2 Å². The number of halogens is 1. The van der Waals surface area contributed by atoms with E-state index in [1.807, 2.05) is 13.8 Å². The Morgan fingerprint density at radius 2 is 1.45 bits per heavy atom. The molecule has 0 radical (unpaired) electrons. The summed E-state index contributed by atoms with van der Waals surface area (Å²) < 4.78 is 15.9. The van der Waals surface area contributed by atoms with Crippen LogP contribution in [-0.4, -0.2) is 25.6 Å². The van der Waals surface area contributed by atoms with Gasteiger partial charge in [-0.3, -0.25) is 4.79 Å². The van der Waals surface area contributed by atoms with E-state index in [1.54, 1.807) is 67.8 Å². The predicted molar refractivity (Wildman–Crippen MR) is 119 cm³/mol. The zero-order chi connectivity index (χ0) is 22.4. The zero-order valence-corrected chi connectivity index (χ0v) is 18.2. The fraction of sp³-hybridized carbons (Fsp3) is 0.167. The van der Waals surface area contributed by atoms with Crippen LogP contribution >= 0.6 is 11.6 Å². The zero-order valence-electron chi connectivity index (χ0n) is 17.4. The van der Waals surface area contributed by atoms with E-state index in [9.17, 15) is 9.59 Å². The van der Waals surface area contributed by atoms with Crippen LogP contribution in [0.15, 0.2) is 60.7 Å². The summed E-state index contributed by atoms with van der Waals surface area (Å²) in [5.74, 6) is 0.731. The minimum absolute atomic E-state index is 0.250. The molecule has 0 spiro atoms. The van der Waals surface area contributed by atoms with Gasteiger partial charge in [0.15, 0.2) is 6.61 Å². The summed E-state index contributed by atoms with van der Waals surface area (Å²) in [6.07, 6.45) is 0. The van der Waals surface area contributed by atoms with Gasteiger partial charge in [0.2, 0.25) is 0 Å². The molecule has 160 valence electrons. The molecule has 0 saturated carbocycles. The molecule has 3 rings (SSSR count). The molecule has 3 aromatic carbocycles. The maximum absolute atomic E-state index is 12.4. The smallest absolute Gasteiger partial charge is 0.349 e. The second-order valence-corrected chi connectivity index (χ2v) is 7.22. The molecule has 0 bridgehead atoms. The second-order valence-electron chi connectivity index (χ2n) is 6.84. The summed E-state index contributed by atoms with van der Waals surface area (Å²) in [5.41, 5.74) is 2.81. The summed E-state index contributed by atoms with van der Waals surface area (Å²) in [6, 6.07) is 16.8. The minimum atomic E-state index is -0.555. The fourth-order valence-electron chi connectivity index (χ4n) is 2.84. The van der Waals surface area contributed by atoms with Crippen LogP contribution in [0, 0.1) is 13.8 Å². The summed E-state index contributed by atoms with van der Waals surface area (Å²) >= 11 is 6.13. The van der Waals surface area contributed by atoms with Crippen LogP contribution in [0.3, 0.4) is 0 Å². The molecule has 0 atom stereocenters. The van der Waals surface area contributed by atoms with Gasteiger partial charge in [-0.2, -0.15) is 0 Å². The average Bonchev–Trinajstić information content (AvgIpc) is 2.77. The molecule has 0 unspecified atom stereocenters. The number of amides is 1. The van der Waals surface area contributed by atoms with Gasteiger partial charge in [0.05, 0.1) is 7.11 Å². The van der Waals surface area contributed by atoms with Crippen molar-refractivity contribution in [1.29, 1.82) is 0 Å². The number of rotatable bonds is 7. The highest BCUT2D eigenvalue weighted by Crippen LogP contribution is 2.26. The third kappa shape index (κ3) is 5.99. The molecule has 1 amide bonds. The van der Waals surface area contributed by atoms with E-state index < -0.39 is 5.97 Å². The van der Waals surface area contributed by atoms with Crippen LogP contribution in [0.4, 0.5) is 5.69 Å². The van der Waals surface area contributed by atoms with Gasteiger partial charge in [0.25, 0.3) is 5.91 Å². The van der Waals surface area contributed by atoms with Gasteiger partial charge in [-0.15, -0.1) is 0 Å². The van der Waals surface area contributed by atoms with E-state index in [0.29, 0.717) is 33.5 Å². The van der Waals surface area contributed by atoms with Crippen LogP contribution < -0.4 is 19.5 Å². The van der Waals surface area contributed by atoms with Crippen molar-refractivity contribution in [2.24, 2.45) is 0 Å². The largest absolute Gasteiger partial charge is 0.497 e. The first kappa shape index (κ1) is 22.2. The van der Waals surface area contributed by atoms with E-state index in [-0.39, 0.29) is 12.5 Å². The highest BCUT2D eigenvalue weighted by molar-refractivity contribution is 6.32. The van der Waals surface area contributed by atoms with Crippen molar-refractivity contribution in [2.45, 2.75) is 13.8 Å². The molecule has 0 fully saturated rings. The van der Waals surface area contributed by atoms with E-state index >= 15 is 0 Å². The molecule has 0 saturated heterocycles. The van der Waals surface area contributed by atoms with Crippen molar-refractivity contribution in [3.63, 3.8) is 0 Å². The van der Waals surface area contributed by atoms with Crippen molar-refractivity contribution in [2.75, 3.05) is 19.0 Å². The molecular formula is C24H22ClNO5. The van der Waals surface area contributed by atoms with E-state index in [0.717, 1.165) is 11.1 Å². The molecule has 7 heteroatoms. The van der Waals surface area contributed by atoms with Gasteiger partial charge in [0, 0.05) is 16.3 Å². The highest BCUT2D eigenvalue weighted by atomic mass is 35.5. The van der Waals surface area contributed by atoms with Crippen LogP contribution in [0.1, 0.15) is 21.5 Å². The van der Waals surface area contributed by atoms with Crippen molar-refractivity contribution < 1.29 is 23.8 Å². The van der Waals surface area contributed by atoms with Crippen molar-refractivity contribution in [3.05, 3.63) is 82.4 Å². The van der Waals surface area contributed by atoms with Gasteiger partial charge >= 0.3 is 5.97 Å². The number of carbonyl (C=O) groups is 2. The van der Waals surface area contributed by atoms with Crippen LogP contribution in [-0.2, 0) is 4.79 Å². The maximum Gasteiger partial charge on any atom is 0.349 e. The first-order valence-electron chi connectivity index (χ1n) is 9.51. The molecule has 0 aliphatic carbocycles. The number of anilines is 1. The number of esters is 1. The molecule has 0 aliphatic heterocycles. The first-order valence-corrected chi connectivity index (χ1v) is 9.89. The molecule has 3 aromatic rings. The standard InChI is InChI=1S/C24H22ClNO5/c1-15-12-21(13-16(2)23(15)25)30-14-22(27)31-20-8-4-17(5-9-20)24(28)26-18-6-10-19(29-3)11-7-18/h4-13H,14H2,1-3H3,(H,26,28). The van der Waals surface area contributed by atoms with Gasteiger partial charge in [-0.1, -0.05) is 11.6 Å². The summed E-state index contributed by atoms with van der Waals surface area (Å²) in [4.78, 5) is 24.4. The minimum Gasteiger partial charge on any atom is -0.497 e. The van der Waals surface area contributed by atoms with Crippen LogP contribution in [0.5, 0.6) is 17.2 Å². The third-order valence-electron chi connectivity index (χ3n) is 4.46. The Kier molecular flexibility index (Phi) is 7.15. The number of carbonyl (C=O) groups excluding carboxylic acids is 2.